The highest BCUT2D eigenvalue weighted by Crippen LogP contribution is 2.25. The fourth-order valence-electron chi connectivity index (χ4n) is 1.58. The molecule has 1 aromatic rings. The lowest BCUT2D eigenvalue weighted by Gasteiger charge is -2.23. The van der Waals surface area contributed by atoms with Gasteiger partial charge < -0.3 is 20.3 Å². The van der Waals surface area contributed by atoms with E-state index < -0.39 is 5.97 Å². The predicted octanol–water partition coefficient (Wildman–Crippen LogP) is 1.15. The van der Waals surface area contributed by atoms with Crippen LogP contribution in [0.2, 0.25) is 0 Å². The van der Waals surface area contributed by atoms with Gasteiger partial charge in [-0.05, 0) is 18.3 Å². The molecule has 0 aliphatic heterocycles. The number of carbonyl (C=O) groups is 2. The van der Waals surface area contributed by atoms with E-state index in [1.54, 1.807) is 0 Å². The van der Waals surface area contributed by atoms with Crippen LogP contribution in [-0.4, -0.2) is 33.8 Å². The Kier molecular flexibility index (Phi) is 5.95. The minimum Gasteiger partial charge on any atom is -0.481 e. The van der Waals surface area contributed by atoms with Gasteiger partial charge in [0.2, 0.25) is 6.39 Å². The third-order valence-electron chi connectivity index (χ3n) is 2.92. The van der Waals surface area contributed by atoms with Crippen LogP contribution in [0, 0.1) is 5.41 Å². The normalized spacial score (nSPS) is 11.1. The van der Waals surface area contributed by atoms with Crippen molar-refractivity contribution < 1.29 is 19.2 Å². The Morgan fingerprint density at radius 2 is 2.10 bits per heavy atom. The summed E-state index contributed by atoms with van der Waals surface area (Å²) in [5, 5.41) is 17.5. The molecule has 0 fully saturated rings. The number of amides is 2. The molecule has 0 saturated carbocycles. The zero-order valence-electron chi connectivity index (χ0n) is 11.7. The molecule has 8 heteroatoms. The molecule has 112 valence electrons. The van der Waals surface area contributed by atoms with Crippen molar-refractivity contribution >= 4 is 12.0 Å². The second-order valence-electron chi connectivity index (χ2n) is 5.26. The summed E-state index contributed by atoms with van der Waals surface area (Å²) < 4.78 is 4.54. The standard InChI is InChI=1S/C12H20N4O4/c1-12(2,4-3-10(17)18)5-6-13-11(19)14-7-9-15-8-20-16-9/h8H,3-7H2,1-2H3,(H,17,18)(H2,13,14,19). The Morgan fingerprint density at radius 1 is 1.35 bits per heavy atom. The van der Waals surface area contributed by atoms with Crippen molar-refractivity contribution in [2.45, 2.75) is 39.7 Å². The van der Waals surface area contributed by atoms with Crippen molar-refractivity contribution in [2.75, 3.05) is 6.54 Å². The second-order valence-corrected chi connectivity index (χ2v) is 5.26. The number of carboxylic acid groups (broad SMARTS) is 1. The summed E-state index contributed by atoms with van der Waals surface area (Å²) >= 11 is 0. The molecule has 8 nitrogen and oxygen atoms in total. The molecule has 20 heavy (non-hydrogen) atoms. The van der Waals surface area contributed by atoms with Gasteiger partial charge in [0.05, 0.1) is 6.54 Å². The number of rotatable bonds is 8. The van der Waals surface area contributed by atoms with Crippen LogP contribution in [0.4, 0.5) is 4.79 Å². The molecule has 0 aliphatic rings. The molecule has 0 bridgehead atoms. The minimum absolute atomic E-state index is 0.126. The molecule has 0 atom stereocenters. The topological polar surface area (TPSA) is 117 Å². The lowest BCUT2D eigenvalue weighted by Crippen LogP contribution is -2.37. The van der Waals surface area contributed by atoms with Gasteiger partial charge in [0.15, 0.2) is 5.82 Å². The molecule has 1 heterocycles. The van der Waals surface area contributed by atoms with E-state index in [1.165, 1.54) is 6.39 Å². The molecule has 0 aromatic carbocycles. The maximum atomic E-state index is 11.5. The predicted molar refractivity (Wildman–Crippen MR) is 69.8 cm³/mol. The van der Waals surface area contributed by atoms with Crippen molar-refractivity contribution in [1.29, 1.82) is 0 Å². The lowest BCUT2D eigenvalue weighted by molar-refractivity contribution is -0.137. The summed E-state index contributed by atoms with van der Waals surface area (Å²) in [6.45, 7) is 4.64. The minimum atomic E-state index is -0.802. The maximum absolute atomic E-state index is 11.5. The first-order valence-corrected chi connectivity index (χ1v) is 6.38. The number of urea groups is 1. The number of carbonyl (C=O) groups excluding carboxylic acids is 1. The van der Waals surface area contributed by atoms with Crippen molar-refractivity contribution in [3.63, 3.8) is 0 Å². The molecule has 1 rings (SSSR count). The molecular weight excluding hydrogens is 264 g/mol. The first-order chi connectivity index (χ1) is 9.39. The Labute approximate surface area is 116 Å². The largest absolute Gasteiger partial charge is 0.481 e. The number of nitrogens with zero attached hydrogens (tertiary/aromatic N) is 2. The molecular formula is C12H20N4O4. The van der Waals surface area contributed by atoms with Crippen LogP contribution in [-0.2, 0) is 11.3 Å². The number of carboxylic acids is 1. The van der Waals surface area contributed by atoms with Crippen molar-refractivity contribution in [3.8, 4) is 0 Å². The summed E-state index contributed by atoms with van der Waals surface area (Å²) in [5.41, 5.74) is -0.126. The monoisotopic (exact) mass is 284 g/mol. The summed E-state index contributed by atoms with van der Waals surface area (Å²) in [4.78, 5) is 25.8. The van der Waals surface area contributed by atoms with E-state index in [1.807, 2.05) is 13.8 Å². The van der Waals surface area contributed by atoms with E-state index in [0.29, 0.717) is 25.2 Å². The number of nitrogens with one attached hydrogen (secondary N) is 2. The van der Waals surface area contributed by atoms with Gasteiger partial charge >= 0.3 is 12.0 Å². The second kappa shape index (κ2) is 7.46. The average molecular weight is 284 g/mol. The van der Waals surface area contributed by atoms with Gasteiger partial charge in [0, 0.05) is 13.0 Å². The highest BCUT2D eigenvalue weighted by Gasteiger charge is 2.19. The van der Waals surface area contributed by atoms with Gasteiger partial charge in [-0.15, -0.1) is 0 Å². The van der Waals surface area contributed by atoms with Crippen LogP contribution in [0.15, 0.2) is 10.9 Å². The van der Waals surface area contributed by atoms with E-state index >= 15 is 0 Å². The Hall–Kier alpha value is -2.12. The first-order valence-electron chi connectivity index (χ1n) is 6.38. The third-order valence-corrected chi connectivity index (χ3v) is 2.92. The van der Waals surface area contributed by atoms with Crippen LogP contribution in [0.3, 0.4) is 0 Å². The Morgan fingerprint density at radius 3 is 2.70 bits per heavy atom. The number of aromatic nitrogens is 2. The molecule has 1 aromatic heterocycles. The Bertz CT molecular complexity index is 431. The van der Waals surface area contributed by atoms with Crippen LogP contribution in [0.25, 0.3) is 0 Å². The zero-order chi connectivity index (χ0) is 15.0. The first kappa shape index (κ1) is 15.9. The molecule has 3 N–H and O–H groups in total. The van der Waals surface area contributed by atoms with Crippen LogP contribution < -0.4 is 10.6 Å². The Balaban J connectivity index is 2.15. The van der Waals surface area contributed by atoms with Crippen LogP contribution >= 0.6 is 0 Å². The average Bonchev–Trinajstić information content (AvgIpc) is 2.87. The smallest absolute Gasteiger partial charge is 0.315 e. The highest BCUT2D eigenvalue weighted by molar-refractivity contribution is 5.73. The summed E-state index contributed by atoms with van der Waals surface area (Å²) in [5.74, 6) is -0.397. The van der Waals surface area contributed by atoms with Gasteiger partial charge in [0.1, 0.15) is 0 Å². The number of aliphatic carboxylic acids is 1. The van der Waals surface area contributed by atoms with Crippen LogP contribution in [0.1, 0.15) is 38.9 Å². The van der Waals surface area contributed by atoms with Crippen molar-refractivity contribution in [1.82, 2.24) is 20.8 Å². The lowest BCUT2D eigenvalue weighted by atomic mass is 9.84. The number of hydrogen-bond acceptors (Lipinski definition) is 5. The van der Waals surface area contributed by atoms with Gasteiger partial charge in [-0.3, -0.25) is 4.79 Å². The van der Waals surface area contributed by atoms with Gasteiger partial charge in [-0.1, -0.05) is 19.0 Å². The van der Waals surface area contributed by atoms with Gasteiger partial charge in [-0.25, -0.2) is 4.79 Å². The molecule has 0 aliphatic carbocycles. The van der Waals surface area contributed by atoms with Crippen molar-refractivity contribution in [3.05, 3.63) is 12.2 Å². The van der Waals surface area contributed by atoms with E-state index in [4.69, 9.17) is 5.11 Å². The highest BCUT2D eigenvalue weighted by atomic mass is 16.5. The fraction of sp³-hybridized carbons (Fsp3) is 0.667. The molecule has 0 spiro atoms. The summed E-state index contributed by atoms with van der Waals surface area (Å²) in [6, 6.07) is -0.316. The van der Waals surface area contributed by atoms with Crippen LogP contribution in [0.5, 0.6) is 0 Å². The molecule has 0 saturated heterocycles. The van der Waals surface area contributed by atoms with E-state index in [2.05, 4.69) is 25.3 Å². The summed E-state index contributed by atoms with van der Waals surface area (Å²) in [7, 11) is 0. The zero-order valence-corrected chi connectivity index (χ0v) is 11.7. The van der Waals surface area contributed by atoms with Gasteiger partial charge in [0.25, 0.3) is 0 Å². The fourth-order valence-corrected chi connectivity index (χ4v) is 1.58. The molecule has 0 unspecified atom stereocenters. The summed E-state index contributed by atoms with van der Waals surface area (Å²) in [6.07, 6.45) is 2.61. The third kappa shape index (κ3) is 6.72. The van der Waals surface area contributed by atoms with Crippen molar-refractivity contribution in [2.24, 2.45) is 5.41 Å². The van der Waals surface area contributed by atoms with E-state index in [-0.39, 0.29) is 24.4 Å². The quantitative estimate of drug-likeness (QED) is 0.659. The SMILES string of the molecule is CC(C)(CCNC(=O)NCc1ncon1)CCC(=O)O. The molecule has 0 radical (unpaired) electrons. The number of hydrogen-bond donors (Lipinski definition) is 3. The van der Waals surface area contributed by atoms with E-state index in [9.17, 15) is 9.59 Å². The van der Waals surface area contributed by atoms with Gasteiger partial charge in [-0.2, -0.15) is 4.98 Å². The van der Waals surface area contributed by atoms with E-state index in [0.717, 1.165) is 0 Å². The maximum Gasteiger partial charge on any atom is 0.315 e. The molecule has 2 amide bonds.